The number of rotatable bonds is 6. The van der Waals surface area contributed by atoms with Gasteiger partial charge in [-0.1, -0.05) is 11.6 Å². The van der Waals surface area contributed by atoms with Crippen LogP contribution < -0.4 is 10.1 Å². The minimum atomic E-state index is 0.936. The molecule has 0 saturated heterocycles. The molecule has 1 aliphatic carbocycles. The zero-order valence-corrected chi connectivity index (χ0v) is 11.3. The molecule has 1 aromatic rings. The minimum Gasteiger partial charge on any atom is -0.497 e. The Labute approximate surface area is 110 Å². The monoisotopic (exact) mass is 246 g/mol. The third-order valence-electron chi connectivity index (χ3n) is 3.59. The summed E-state index contributed by atoms with van der Waals surface area (Å²) in [6.07, 6.45) is 9.12. The van der Waals surface area contributed by atoms with Crippen molar-refractivity contribution in [3.63, 3.8) is 0 Å². The maximum atomic E-state index is 5.16. The Morgan fingerprint density at radius 1 is 1.17 bits per heavy atom. The largest absolute Gasteiger partial charge is 0.497 e. The molecule has 0 bridgehead atoms. The molecule has 0 unspecified atom stereocenters. The quantitative estimate of drug-likeness (QED) is 0.606. The summed E-state index contributed by atoms with van der Waals surface area (Å²) in [5.74, 6) is 0.936. The highest BCUT2D eigenvalue weighted by molar-refractivity contribution is 5.26. The van der Waals surface area contributed by atoms with E-state index in [0.717, 1.165) is 12.3 Å². The third kappa shape index (κ3) is 4.19. The van der Waals surface area contributed by atoms with Crippen molar-refractivity contribution in [1.29, 1.82) is 0 Å². The number of methoxy groups -OCH3 is 1. The second kappa shape index (κ2) is 7.22. The molecule has 0 spiro atoms. The SMILES string of the molecule is COc1ccc(C[NH2+]CCC2=CCCCC2)cc1. The van der Waals surface area contributed by atoms with E-state index in [1.807, 2.05) is 12.1 Å². The lowest BCUT2D eigenvalue weighted by molar-refractivity contribution is -0.670. The molecule has 0 saturated carbocycles. The minimum absolute atomic E-state index is 0.936. The van der Waals surface area contributed by atoms with E-state index >= 15 is 0 Å². The molecule has 0 aromatic heterocycles. The van der Waals surface area contributed by atoms with Crippen molar-refractivity contribution in [2.45, 2.75) is 38.6 Å². The van der Waals surface area contributed by atoms with Crippen molar-refractivity contribution >= 4 is 0 Å². The molecular formula is C16H24NO+. The van der Waals surface area contributed by atoms with Crippen LogP contribution in [-0.2, 0) is 6.54 Å². The number of allylic oxidation sites excluding steroid dienone is 1. The molecule has 1 aliphatic rings. The second-order valence-electron chi connectivity index (χ2n) is 4.99. The number of benzene rings is 1. The Morgan fingerprint density at radius 2 is 2.00 bits per heavy atom. The van der Waals surface area contributed by atoms with Crippen molar-refractivity contribution in [2.24, 2.45) is 0 Å². The van der Waals surface area contributed by atoms with Gasteiger partial charge in [0.05, 0.1) is 13.7 Å². The maximum absolute atomic E-state index is 5.16. The maximum Gasteiger partial charge on any atom is 0.118 e. The van der Waals surface area contributed by atoms with Gasteiger partial charge in [-0.3, -0.25) is 0 Å². The van der Waals surface area contributed by atoms with Crippen LogP contribution in [0.1, 0.15) is 37.7 Å². The van der Waals surface area contributed by atoms with Gasteiger partial charge in [-0.15, -0.1) is 0 Å². The van der Waals surface area contributed by atoms with Crippen LogP contribution in [-0.4, -0.2) is 13.7 Å². The fraction of sp³-hybridized carbons (Fsp3) is 0.500. The standard InChI is InChI=1S/C16H23NO/c1-18-16-9-7-15(8-10-16)13-17-12-11-14-5-3-2-4-6-14/h5,7-10,17H,2-4,6,11-13H2,1H3/p+1. The Kier molecular flexibility index (Phi) is 5.28. The van der Waals surface area contributed by atoms with Gasteiger partial charge in [-0.05, 0) is 49.9 Å². The summed E-state index contributed by atoms with van der Waals surface area (Å²) in [6.45, 7) is 2.27. The Balaban J connectivity index is 1.66. The topological polar surface area (TPSA) is 25.8 Å². The summed E-state index contributed by atoms with van der Waals surface area (Å²) in [6, 6.07) is 8.37. The summed E-state index contributed by atoms with van der Waals surface area (Å²) in [4.78, 5) is 0. The molecule has 18 heavy (non-hydrogen) atoms. The molecule has 0 heterocycles. The summed E-state index contributed by atoms with van der Waals surface area (Å²) >= 11 is 0. The first kappa shape index (κ1) is 13.2. The van der Waals surface area contributed by atoms with Gasteiger partial charge < -0.3 is 10.1 Å². The van der Waals surface area contributed by atoms with E-state index in [9.17, 15) is 0 Å². The van der Waals surface area contributed by atoms with Gasteiger partial charge in [0.1, 0.15) is 12.3 Å². The molecule has 1 aromatic carbocycles. The van der Waals surface area contributed by atoms with Crippen molar-refractivity contribution in [3.05, 3.63) is 41.5 Å². The molecule has 2 rings (SSSR count). The predicted octanol–water partition coefficient (Wildman–Crippen LogP) is 2.65. The average Bonchev–Trinajstić information content (AvgIpc) is 2.45. The van der Waals surface area contributed by atoms with E-state index in [2.05, 4.69) is 23.5 Å². The van der Waals surface area contributed by atoms with Gasteiger partial charge in [0.15, 0.2) is 0 Å². The second-order valence-corrected chi connectivity index (χ2v) is 4.99. The van der Waals surface area contributed by atoms with Crippen LogP contribution in [0, 0.1) is 0 Å². The van der Waals surface area contributed by atoms with Crippen LogP contribution in [0.15, 0.2) is 35.9 Å². The molecule has 0 amide bonds. The number of ether oxygens (including phenoxy) is 1. The van der Waals surface area contributed by atoms with Crippen LogP contribution in [0.4, 0.5) is 0 Å². The lowest BCUT2D eigenvalue weighted by Crippen LogP contribution is -2.82. The number of hydrogen-bond donors (Lipinski definition) is 1. The zero-order valence-electron chi connectivity index (χ0n) is 11.3. The van der Waals surface area contributed by atoms with Gasteiger partial charge in [0.2, 0.25) is 0 Å². The lowest BCUT2D eigenvalue weighted by Gasteiger charge is -2.11. The van der Waals surface area contributed by atoms with Crippen molar-refractivity contribution < 1.29 is 10.1 Å². The number of nitrogens with two attached hydrogens (primary N) is 1. The highest BCUT2D eigenvalue weighted by Crippen LogP contribution is 2.18. The lowest BCUT2D eigenvalue weighted by atomic mass is 9.97. The Hall–Kier alpha value is -1.28. The Morgan fingerprint density at radius 3 is 2.67 bits per heavy atom. The van der Waals surface area contributed by atoms with Crippen molar-refractivity contribution in [2.75, 3.05) is 13.7 Å². The summed E-state index contributed by atoms with van der Waals surface area (Å²) in [7, 11) is 1.71. The third-order valence-corrected chi connectivity index (χ3v) is 3.59. The van der Waals surface area contributed by atoms with Gasteiger partial charge >= 0.3 is 0 Å². The van der Waals surface area contributed by atoms with Gasteiger partial charge in [0.25, 0.3) is 0 Å². The number of quaternary nitrogens is 1. The molecule has 0 radical (unpaired) electrons. The molecule has 2 heteroatoms. The first-order valence-electron chi connectivity index (χ1n) is 7.01. The Bertz CT molecular complexity index is 381. The molecule has 0 aliphatic heterocycles. The van der Waals surface area contributed by atoms with Gasteiger partial charge in [-0.2, -0.15) is 0 Å². The highest BCUT2D eigenvalue weighted by atomic mass is 16.5. The summed E-state index contributed by atoms with van der Waals surface area (Å²) in [5.41, 5.74) is 3.04. The number of hydrogen-bond acceptors (Lipinski definition) is 1. The van der Waals surface area contributed by atoms with Crippen LogP contribution in [0.25, 0.3) is 0 Å². The first-order valence-corrected chi connectivity index (χ1v) is 7.01. The fourth-order valence-corrected chi connectivity index (χ4v) is 2.45. The van der Waals surface area contributed by atoms with Crippen molar-refractivity contribution in [3.8, 4) is 5.75 Å². The first-order chi connectivity index (χ1) is 8.88. The predicted molar refractivity (Wildman–Crippen MR) is 74.7 cm³/mol. The van der Waals surface area contributed by atoms with Crippen LogP contribution in [0.2, 0.25) is 0 Å². The van der Waals surface area contributed by atoms with Gasteiger partial charge in [0, 0.05) is 12.0 Å². The highest BCUT2D eigenvalue weighted by Gasteiger charge is 2.04. The van der Waals surface area contributed by atoms with E-state index in [1.54, 1.807) is 12.7 Å². The molecule has 0 fully saturated rings. The molecular weight excluding hydrogens is 222 g/mol. The van der Waals surface area contributed by atoms with Crippen molar-refractivity contribution in [1.82, 2.24) is 0 Å². The van der Waals surface area contributed by atoms with E-state index in [0.29, 0.717) is 0 Å². The zero-order chi connectivity index (χ0) is 12.6. The molecule has 98 valence electrons. The summed E-state index contributed by atoms with van der Waals surface area (Å²) < 4.78 is 5.16. The van der Waals surface area contributed by atoms with E-state index in [1.165, 1.54) is 44.2 Å². The van der Waals surface area contributed by atoms with Gasteiger partial charge in [-0.25, -0.2) is 0 Å². The molecule has 2 N–H and O–H groups in total. The molecule has 0 atom stereocenters. The summed E-state index contributed by atoms with van der Waals surface area (Å²) in [5, 5.41) is 2.40. The smallest absolute Gasteiger partial charge is 0.118 e. The van der Waals surface area contributed by atoms with Crippen LogP contribution >= 0.6 is 0 Å². The average molecular weight is 246 g/mol. The fourth-order valence-electron chi connectivity index (χ4n) is 2.45. The van der Waals surface area contributed by atoms with E-state index < -0.39 is 0 Å². The van der Waals surface area contributed by atoms with Crippen LogP contribution in [0.5, 0.6) is 5.75 Å². The molecule has 2 nitrogen and oxygen atoms in total. The van der Waals surface area contributed by atoms with E-state index in [-0.39, 0.29) is 0 Å². The van der Waals surface area contributed by atoms with Crippen LogP contribution in [0.3, 0.4) is 0 Å². The normalized spacial score (nSPS) is 15.3. The van der Waals surface area contributed by atoms with E-state index in [4.69, 9.17) is 4.74 Å².